The van der Waals surface area contributed by atoms with Gasteiger partial charge in [-0.25, -0.2) is 0 Å². The first-order valence-electron chi connectivity index (χ1n) is 5.92. The normalized spacial score (nSPS) is 10.4. The van der Waals surface area contributed by atoms with E-state index in [4.69, 9.17) is 20.9 Å². The van der Waals surface area contributed by atoms with Crippen LogP contribution in [-0.2, 0) is 6.61 Å². The van der Waals surface area contributed by atoms with Crippen molar-refractivity contribution in [1.29, 1.82) is 0 Å². The van der Waals surface area contributed by atoms with Gasteiger partial charge in [-0.05, 0) is 36.4 Å². The summed E-state index contributed by atoms with van der Waals surface area (Å²) in [5.74, 6) is 1.59. The van der Waals surface area contributed by atoms with E-state index in [1.54, 1.807) is 36.7 Å². The second-order valence-corrected chi connectivity index (χ2v) is 4.43. The standard InChI is InChI=1S/C14H10ClN3O2/c15-11-3-5-12(6-4-11)19-9-13-17-14(18-20-13)10-2-1-7-16-8-10/h1-8H,9H2. The molecule has 0 unspecified atom stereocenters. The Bertz CT molecular complexity index is 683. The minimum Gasteiger partial charge on any atom is -0.484 e. The molecule has 0 bridgehead atoms. The van der Waals surface area contributed by atoms with Crippen LogP contribution in [0.2, 0.25) is 5.02 Å². The molecule has 0 radical (unpaired) electrons. The fourth-order valence-corrected chi connectivity index (χ4v) is 1.73. The Morgan fingerprint density at radius 3 is 2.75 bits per heavy atom. The predicted molar refractivity (Wildman–Crippen MR) is 73.3 cm³/mol. The zero-order chi connectivity index (χ0) is 13.8. The number of pyridine rings is 1. The first-order valence-corrected chi connectivity index (χ1v) is 6.30. The van der Waals surface area contributed by atoms with Crippen molar-refractivity contribution in [3.8, 4) is 17.1 Å². The molecule has 1 aromatic carbocycles. The molecule has 0 atom stereocenters. The largest absolute Gasteiger partial charge is 0.484 e. The van der Waals surface area contributed by atoms with Gasteiger partial charge in [0, 0.05) is 23.0 Å². The molecule has 2 heterocycles. The van der Waals surface area contributed by atoms with Gasteiger partial charge in [-0.3, -0.25) is 4.98 Å². The van der Waals surface area contributed by atoms with Crippen molar-refractivity contribution in [3.63, 3.8) is 0 Å². The molecule has 6 heteroatoms. The molecule has 0 aliphatic heterocycles. The topological polar surface area (TPSA) is 61.0 Å². The Kier molecular flexibility index (Phi) is 3.60. The average Bonchev–Trinajstić information content (AvgIpc) is 2.97. The molecule has 0 fully saturated rings. The Morgan fingerprint density at radius 2 is 2.00 bits per heavy atom. The zero-order valence-electron chi connectivity index (χ0n) is 10.4. The maximum atomic E-state index is 5.80. The third-order valence-corrected chi connectivity index (χ3v) is 2.82. The molecule has 0 spiro atoms. The van der Waals surface area contributed by atoms with Gasteiger partial charge in [-0.1, -0.05) is 16.8 Å². The van der Waals surface area contributed by atoms with Gasteiger partial charge in [0.25, 0.3) is 5.89 Å². The van der Waals surface area contributed by atoms with Crippen LogP contribution in [0.3, 0.4) is 0 Å². The molecular formula is C14H10ClN3O2. The van der Waals surface area contributed by atoms with E-state index in [1.165, 1.54) is 0 Å². The second kappa shape index (κ2) is 5.71. The fraction of sp³-hybridized carbons (Fsp3) is 0.0714. The summed E-state index contributed by atoms with van der Waals surface area (Å²) in [5.41, 5.74) is 0.800. The van der Waals surface area contributed by atoms with E-state index in [0.29, 0.717) is 22.5 Å². The van der Waals surface area contributed by atoms with Gasteiger partial charge in [0.15, 0.2) is 6.61 Å². The van der Waals surface area contributed by atoms with E-state index in [1.807, 2.05) is 12.1 Å². The number of benzene rings is 1. The summed E-state index contributed by atoms with van der Waals surface area (Å²) in [6.07, 6.45) is 3.36. The summed E-state index contributed by atoms with van der Waals surface area (Å²) in [6, 6.07) is 10.7. The van der Waals surface area contributed by atoms with Crippen molar-refractivity contribution in [1.82, 2.24) is 15.1 Å². The van der Waals surface area contributed by atoms with Crippen molar-refractivity contribution >= 4 is 11.6 Å². The molecule has 100 valence electrons. The van der Waals surface area contributed by atoms with Gasteiger partial charge in [-0.15, -0.1) is 0 Å². The molecule has 0 saturated carbocycles. The SMILES string of the molecule is Clc1ccc(OCc2nc(-c3cccnc3)no2)cc1. The van der Waals surface area contributed by atoms with Crippen molar-refractivity contribution in [2.45, 2.75) is 6.61 Å². The van der Waals surface area contributed by atoms with Crippen molar-refractivity contribution in [3.05, 3.63) is 59.7 Å². The van der Waals surface area contributed by atoms with Gasteiger partial charge < -0.3 is 9.26 Å². The lowest BCUT2D eigenvalue weighted by molar-refractivity contribution is 0.243. The number of rotatable bonds is 4. The predicted octanol–water partition coefficient (Wildman–Crippen LogP) is 3.36. The summed E-state index contributed by atoms with van der Waals surface area (Å²) in [6.45, 7) is 0.203. The number of ether oxygens (including phenoxy) is 1. The van der Waals surface area contributed by atoms with Gasteiger partial charge in [0.05, 0.1) is 0 Å². The van der Waals surface area contributed by atoms with Crippen LogP contribution in [0.25, 0.3) is 11.4 Å². The lowest BCUT2D eigenvalue weighted by Crippen LogP contribution is -1.95. The summed E-state index contributed by atoms with van der Waals surface area (Å²) in [4.78, 5) is 8.25. The smallest absolute Gasteiger partial charge is 0.264 e. The highest BCUT2D eigenvalue weighted by Gasteiger charge is 2.09. The second-order valence-electron chi connectivity index (χ2n) is 4.00. The average molecular weight is 288 g/mol. The fourth-order valence-electron chi connectivity index (χ4n) is 1.60. The molecule has 5 nitrogen and oxygen atoms in total. The first-order chi connectivity index (χ1) is 9.81. The van der Waals surface area contributed by atoms with E-state index in [2.05, 4.69) is 15.1 Å². The Labute approximate surface area is 120 Å². The van der Waals surface area contributed by atoms with E-state index >= 15 is 0 Å². The number of nitrogens with zero attached hydrogens (tertiary/aromatic N) is 3. The zero-order valence-corrected chi connectivity index (χ0v) is 11.1. The highest BCUT2D eigenvalue weighted by atomic mass is 35.5. The van der Waals surface area contributed by atoms with Gasteiger partial charge in [0.1, 0.15) is 5.75 Å². The van der Waals surface area contributed by atoms with Crippen LogP contribution in [0.1, 0.15) is 5.89 Å². The number of hydrogen-bond donors (Lipinski definition) is 0. The third-order valence-electron chi connectivity index (χ3n) is 2.56. The molecule has 0 amide bonds. The highest BCUT2D eigenvalue weighted by Crippen LogP contribution is 2.18. The monoisotopic (exact) mass is 287 g/mol. The third kappa shape index (κ3) is 2.95. The summed E-state index contributed by atoms with van der Waals surface area (Å²) < 4.78 is 10.7. The lowest BCUT2D eigenvalue weighted by Gasteiger charge is -2.02. The maximum absolute atomic E-state index is 5.80. The number of hydrogen-bond acceptors (Lipinski definition) is 5. The van der Waals surface area contributed by atoms with Crippen LogP contribution in [0.5, 0.6) is 5.75 Å². The van der Waals surface area contributed by atoms with E-state index in [-0.39, 0.29) is 6.61 Å². The molecule has 3 rings (SSSR count). The molecule has 20 heavy (non-hydrogen) atoms. The molecule has 0 N–H and O–H groups in total. The van der Waals surface area contributed by atoms with E-state index < -0.39 is 0 Å². The van der Waals surface area contributed by atoms with Gasteiger partial charge in [0.2, 0.25) is 5.82 Å². The van der Waals surface area contributed by atoms with Crippen molar-refractivity contribution in [2.75, 3.05) is 0 Å². The van der Waals surface area contributed by atoms with Crippen molar-refractivity contribution in [2.24, 2.45) is 0 Å². The van der Waals surface area contributed by atoms with Crippen LogP contribution in [0.4, 0.5) is 0 Å². The van der Waals surface area contributed by atoms with E-state index in [9.17, 15) is 0 Å². The number of halogens is 1. The quantitative estimate of drug-likeness (QED) is 0.736. The first kappa shape index (κ1) is 12.6. The van der Waals surface area contributed by atoms with Crippen LogP contribution in [0, 0.1) is 0 Å². The van der Waals surface area contributed by atoms with Crippen molar-refractivity contribution < 1.29 is 9.26 Å². The Hall–Kier alpha value is -2.40. The molecular weight excluding hydrogens is 278 g/mol. The van der Waals surface area contributed by atoms with Gasteiger partial charge >= 0.3 is 0 Å². The molecule has 2 aromatic heterocycles. The molecule has 3 aromatic rings. The molecule has 0 aliphatic carbocycles. The van der Waals surface area contributed by atoms with E-state index in [0.717, 1.165) is 5.56 Å². The molecule has 0 aliphatic rings. The van der Waals surface area contributed by atoms with Crippen LogP contribution in [0.15, 0.2) is 53.3 Å². The summed E-state index contributed by atoms with van der Waals surface area (Å²) in [5, 5.41) is 4.55. The summed E-state index contributed by atoms with van der Waals surface area (Å²) >= 11 is 5.80. The van der Waals surface area contributed by atoms with Crippen LogP contribution < -0.4 is 4.74 Å². The minimum atomic E-state index is 0.203. The Morgan fingerprint density at radius 1 is 1.15 bits per heavy atom. The highest BCUT2D eigenvalue weighted by molar-refractivity contribution is 6.30. The van der Waals surface area contributed by atoms with Gasteiger partial charge in [-0.2, -0.15) is 4.98 Å². The maximum Gasteiger partial charge on any atom is 0.264 e. The van der Waals surface area contributed by atoms with Crippen LogP contribution in [-0.4, -0.2) is 15.1 Å². The Balaban J connectivity index is 1.67. The minimum absolute atomic E-state index is 0.203. The summed E-state index contributed by atoms with van der Waals surface area (Å²) in [7, 11) is 0. The number of aromatic nitrogens is 3. The molecule has 0 saturated heterocycles. The lowest BCUT2D eigenvalue weighted by atomic mass is 10.3. The van der Waals surface area contributed by atoms with Crippen LogP contribution >= 0.6 is 11.6 Å².